The maximum Gasteiger partial charge on any atom is 0.310 e. The summed E-state index contributed by atoms with van der Waals surface area (Å²) in [4.78, 5) is 13.7. The molecule has 0 aliphatic carbocycles. The summed E-state index contributed by atoms with van der Waals surface area (Å²) in [5, 5.41) is 0. The molecule has 0 spiro atoms. The average molecular weight is 185 g/mol. The van der Waals surface area contributed by atoms with E-state index in [1.165, 1.54) is 6.42 Å². The molecule has 13 heavy (non-hydrogen) atoms. The fourth-order valence-electron chi connectivity index (χ4n) is 2.00. The van der Waals surface area contributed by atoms with E-state index in [1.54, 1.807) is 0 Å². The van der Waals surface area contributed by atoms with Gasteiger partial charge in [0.2, 0.25) is 0 Å². The Labute approximate surface area is 80.1 Å². The number of likely N-dealkylation sites (tertiary alicyclic amines) is 1. The van der Waals surface area contributed by atoms with Gasteiger partial charge in [0, 0.05) is 6.04 Å². The lowest BCUT2D eigenvalue weighted by molar-refractivity contribution is -0.149. The molecule has 0 bridgehead atoms. The van der Waals surface area contributed by atoms with Crippen LogP contribution in [0.15, 0.2) is 0 Å². The van der Waals surface area contributed by atoms with Gasteiger partial charge < -0.3 is 9.64 Å². The van der Waals surface area contributed by atoms with Crippen molar-refractivity contribution in [2.45, 2.75) is 32.7 Å². The van der Waals surface area contributed by atoms with E-state index in [2.05, 4.69) is 11.9 Å². The van der Waals surface area contributed by atoms with Crippen molar-refractivity contribution in [2.75, 3.05) is 20.2 Å². The first-order chi connectivity index (χ1) is 6.16. The van der Waals surface area contributed by atoms with Crippen molar-refractivity contribution in [1.82, 2.24) is 4.90 Å². The van der Waals surface area contributed by atoms with Crippen LogP contribution in [-0.4, -0.2) is 37.1 Å². The summed E-state index contributed by atoms with van der Waals surface area (Å²) in [6.45, 7) is 5.40. The lowest BCUT2D eigenvalue weighted by Gasteiger charge is -2.24. The molecule has 3 nitrogen and oxygen atoms in total. The SMILES string of the molecule is CCOC(=O)C(C)C1CCCN1C. The Hall–Kier alpha value is -0.570. The monoisotopic (exact) mass is 185 g/mol. The van der Waals surface area contributed by atoms with Gasteiger partial charge in [0.05, 0.1) is 12.5 Å². The number of carbonyl (C=O) groups excluding carboxylic acids is 1. The lowest BCUT2D eigenvalue weighted by atomic mass is 10.0. The highest BCUT2D eigenvalue weighted by atomic mass is 16.5. The van der Waals surface area contributed by atoms with Crippen LogP contribution >= 0.6 is 0 Å². The van der Waals surface area contributed by atoms with Gasteiger partial charge in [-0.25, -0.2) is 0 Å². The van der Waals surface area contributed by atoms with Crippen LogP contribution in [0.4, 0.5) is 0 Å². The van der Waals surface area contributed by atoms with Crippen molar-refractivity contribution in [2.24, 2.45) is 5.92 Å². The summed E-state index contributed by atoms with van der Waals surface area (Å²) in [6, 6.07) is 0.388. The highest BCUT2D eigenvalue weighted by Crippen LogP contribution is 2.22. The van der Waals surface area contributed by atoms with E-state index in [4.69, 9.17) is 4.74 Å². The zero-order valence-corrected chi connectivity index (χ0v) is 8.75. The highest BCUT2D eigenvalue weighted by Gasteiger charge is 2.31. The van der Waals surface area contributed by atoms with Crippen LogP contribution in [-0.2, 0) is 9.53 Å². The number of rotatable bonds is 3. The van der Waals surface area contributed by atoms with Crippen molar-refractivity contribution in [3.05, 3.63) is 0 Å². The van der Waals surface area contributed by atoms with Gasteiger partial charge in [-0.15, -0.1) is 0 Å². The Morgan fingerprint density at radius 2 is 2.38 bits per heavy atom. The highest BCUT2D eigenvalue weighted by molar-refractivity contribution is 5.72. The maximum absolute atomic E-state index is 11.4. The molecule has 0 aromatic rings. The van der Waals surface area contributed by atoms with E-state index >= 15 is 0 Å². The summed E-state index contributed by atoms with van der Waals surface area (Å²) in [6.07, 6.45) is 2.32. The minimum atomic E-state index is -0.0544. The third kappa shape index (κ3) is 2.44. The molecule has 0 N–H and O–H groups in total. The van der Waals surface area contributed by atoms with E-state index in [-0.39, 0.29) is 11.9 Å². The number of hydrogen-bond acceptors (Lipinski definition) is 3. The van der Waals surface area contributed by atoms with E-state index in [1.807, 2.05) is 13.8 Å². The van der Waals surface area contributed by atoms with E-state index < -0.39 is 0 Å². The Kier molecular flexibility index (Phi) is 3.72. The molecule has 76 valence electrons. The van der Waals surface area contributed by atoms with Gasteiger partial charge in [-0.3, -0.25) is 4.79 Å². The van der Waals surface area contributed by atoms with Gasteiger partial charge in [-0.1, -0.05) is 6.92 Å². The average Bonchev–Trinajstić information content (AvgIpc) is 2.50. The molecule has 3 heteroatoms. The molecule has 0 radical (unpaired) electrons. The predicted octanol–water partition coefficient (Wildman–Crippen LogP) is 1.28. The molecule has 1 aliphatic heterocycles. The molecule has 1 heterocycles. The Bertz CT molecular complexity index is 182. The molecule has 1 fully saturated rings. The van der Waals surface area contributed by atoms with Crippen LogP contribution in [0.3, 0.4) is 0 Å². The number of carbonyl (C=O) groups is 1. The molecule has 0 amide bonds. The first-order valence-corrected chi connectivity index (χ1v) is 5.03. The molecule has 0 aromatic carbocycles. The van der Waals surface area contributed by atoms with Gasteiger partial charge in [0.15, 0.2) is 0 Å². The van der Waals surface area contributed by atoms with E-state index in [0.717, 1.165) is 13.0 Å². The minimum absolute atomic E-state index is 0.0208. The Morgan fingerprint density at radius 3 is 2.85 bits per heavy atom. The lowest BCUT2D eigenvalue weighted by Crippen LogP contribution is -2.36. The van der Waals surface area contributed by atoms with Gasteiger partial charge in [-0.05, 0) is 33.4 Å². The van der Waals surface area contributed by atoms with Gasteiger partial charge in [-0.2, -0.15) is 0 Å². The van der Waals surface area contributed by atoms with Crippen LogP contribution in [0.25, 0.3) is 0 Å². The summed E-state index contributed by atoms with van der Waals surface area (Å²) in [5.74, 6) is -0.0336. The standard InChI is InChI=1S/C10H19NO2/c1-4-13-10(12)8(2)9-6-5-7-11(9)3/h8-9H,4-7H2,1-3H3. The van der Waals surface area contributed by atoms with Crippen LogP contribution in [0.2, 0.25) is 0 Å². The Balaban J connectivity index is 2.45. The van der Waals surface area contributed by atoms with Gasteiger partial charge in [0.1, 0.15) is 0 Å². The number of ether oxygens (including phenoxy) is 1. The second kappa shape index (κ2) is 4.61. The van der Waals surface area contributed by atoms with Gasteiger partial charge in [0.25, 0.3) is 0 Å². The summed E-state index contributed by atoms with van der Waals surface area (Å²) in [7, 11) is 2.08. The first-order valence-electron chi connectivity index (χ1n) is 5.03. The zero-order valence-electron chi connectivity index (χ0n) is 8.75. The second-order valence-electron chi connectivity index (χ2n) is 3.73. The first kappa shape index (κ1) is 10.5. The molecule has 2 atom stereocenters. The van der Waals surface area contributed by atoms with Crippen LogP contribution in [0.1, 0.15) is 26.7 Å². The van der Waals surface area contributed by atoms with E-state index in [9.17, 15) is 4.79 Å². The molecule has 0 aromatic heterocycles. The molecule has 1 rings (SSSR count). The van der Waals surface area contributed by atoms with Crippen LogP contribution in [0, 0.1) is 5.92 Å². The van der Waals surface area contributed by atoms with Crippen molar-refractivity contribution in [3.63, 3.8) is 0 Å². The number of esters is 1. The van der Waals surface area contributed by atoms with Crippen LogP contribution < -0.4 is 0 Å². The molecule has 1 aliphatic rings. The summed E-state index contributed by atoms with van der Waals surface area (Å²) < 4.78 is 5.00. The van der Waals surface area contributed by atoms with Crippen molar-refractivity contribution < 1.29 is 9.53 Å². The quantitative estimate of drug-likeness (QED) is 0.620. The molecule has 2 unspecified atom stereocenters. The third-order valence-electron chi connectivity index (χ3n) is 2.81. The van der Waals surface area contributed by atoms with Crippen LogP contribution in [0.5, 0.6) is 0 Å². The topological polar surface area (TPSA) is 29.5 Å². The zero-order chi connectivity index (χ0) is 9.84. The second-order valence-corrected chi connectivity index (χ2v) is 3.73. The molecular formula is C10H19NO2. The normalized spacial score (nSPS) is 25.9. The predicted molar refractivity (Wildman–Crippen MR) is 51.4 cm³/mol. The third-order valence-corrected chi connectivity index (χ3v) is 2.81. The fraction of sp³-hybridized carbons (Fsp3) is 0.900. The van der Waals surface area contributed by atoms with E-state index in [0.29, 0.717) is 12.6 Å². The van der Waals surface area contributed by atoms with Crippen molar-refractivity contribution in [1.29, 1.82) is 0 Å². The van der Waals surface area contributed by atoms with Crippen molar-refractivity contribution in [3.8, 4) is 0 Å². The van der Waals surface area contributed by atoms with Crippen molar-refractivity contribution >= 4 is 5.97 Å². The molecular weight excluding hydrogens is 166 g/mol. The fourth-order valence-corrected chi connectivity index (χ4v) is 2.00. The smallest absolute Gasteiger partial charge is 0.310 e. The number of nitrogens with zero attached hydrogens (tertiary/aromatic N) is 1. The maximum atomic E-state index is 11.4. The molecule has 0 saturated carbocycles. The number of hydrogen-bond donors (Lipinski definition) is 0. The Morgan fingerprint density at radius 1 is 1.69 bits per heavy atom. The minimum Gasteiger partial charge on any atom is -0.466 e. The molecule has 1 saturated heterocycles. The summed E-state index contributed by atoms with van der Waals surface area (Å²) >= 11 is 0. The summed E-state index contributed by atoms with van der Waals surface area (Å²) in [5.41, 5.74) is 0. The largest absolute Gasteiger partial charge is 0.466 e. The van der Waals surface area contributed by atoms with Gasteiger partial charge >= 0.3 is 5.97 Å².